The average molecular weight is 295 g/mol. The fourth-order valence-electron chi connectivity index (χ4n) is 1.67. The summed E-state index contributed by atoms with van der Waals surface area (Å²) in [5.41, 5.74) is 2.04. The summed E-state index contributed by atoms with van der Waals surface area (Å²) in [6.45, 7) is 3.59. The zero-order chi connectivity index (χ0) is 14.5. The molecule has 0 aliphatic heterocycles. The van der Waals surface area contributed by atoms with Crippen molar-refractivity contribution in [2.75, 3.05) is 20.6 Å². The maximum absolute atomic E-state index is 13.2. The summed E-state index contributed by atoms with van der Waals surface area (Å²) in [5, 5.41) is 12.4. The molecule has 0 saturated carbocycles. The number of hydrogen-bond acceptors (Lipinski definition) is 5. The molecule has 2 aromatic rings. The Balaban J connectivity index is 2.00. The number of halogens is 1. The topological polar surface area (TPSA) is 46.8 Å². The molecule has 2 rings (SSSR count). The second-order valence-corrected chi connectivity index (χ2v) is 5.79. The minimum absolute atomic E-state index is 0.210. The monoisotopic (exact) mass is 295 g/mol. The Kier molecular flexibility index (Phi) is 5.08. The molecule has 0 atom stereocenters. The van der Waals surface area contributed by atoms with Crippen LogP contribution in [-0.2, 0) is 12.3 Å². The van der Waals surface area contributed by atoms with Crippen molar-refractivity contribution in [3.63, 3.8) is 0 Å². The van der Waals surface area contributed by atoms with Gasteiger partial charge in [-0.2, -0.15) is 0 Å². The molecular formula is C13H18FN5S. The van der Waals surface area contributed by atoms with Crippen LogP contribution in [0.1, 0.15) is 11.1 Å². The number of hydrogen-bond donors (Lipinski definition) is 0. The summed E-state index contributed by atoms with van der Waals surface area (Å²) < 4.78 is 15.0. The molecule has 108 valence electrons. The van der Waals surface area contributed by atoms with Crippen LogP contribution in [-0.4, -0.2) is 45.7 Å². The molecule has 1 heterocycles. The minimum Gasteiger partial charge on any atom is -0.308 e. The van der Waals surface area contributed by atoms with E-state index in [2.05, 4.69) is 20.4 Å². The van der Waals surface area contributed by atoms with E-state index in [1.807, 2.05) is 21.0 Å². The van der Waals surface area contributed by atoms with Gasteiger partial charge in [-0.3, -0.25) is 0 Å². The van der Waals surface area contributed by atoms with E-state index in [-0.39, 0.29) is 5.82 Å². The lowest BCUT2D eigenvalue weighted by Gasteiger charge is -2.10. The van der Waals surface area contributed by atoms with Gasteiger partial charge in [-0.05, 0) is 54.7 Å². The Bertz CT molecular complexity index is 570. The van der Waals surface area contributed by atoms with Crippen molar-refractivity contribution in [3.05, 3.63) is 35.1 Å². The van der Waals surface area contributed by atoms with E-state index in [0.29, 0.717) is 5.75 Å². The molecule has 1 aromatic carbocycles. The number of benzene rings is 1. The lowest BCUT2D eigenvalue weighted by atomic mass is 10.1. The third-order valence-corrected chi connectivity index (χ3v) is 3.93. The second kappa shape index (κ2) is 6.81. The Morgan fingerprint density at radius 1 is 1.35 bits per heavy atom. The zero-order valence-electron chi connectivity index (χ0n) is 11.9. The predicted molar refractivity (Wildman–Crippen MR) is 77.1 cm³/mol. The molecule has 1 aromatic heterocycles. The minimum atomic E-state index is -0.210. The number of aromatic nitrogens is 4. The highest BCUT2D eigenvalue weighted by Gasteiger charge is 2.09. The summed E-state index contributed by atoms with van der Waals surface area (Å²) in [6.07, 6.45) is 0. The first-order valence-corrected chi connectivity index (χ1v) is 7.33. The van der Waals surface area contributed by atoms with Gasteiger partial charge >= 0.3 is 0 Å². The van der Waals surface area contributed by atoms with E-state index in [4.69, 9.17) is 0 Å². The molecule has 0 unspecified atom stereocenters. The van der Waals surface area contributed by atoms with Crippen LogP contribution in [0.15, 0.2) is 23.4 Å². The highest BCUT2D eigenvalue weighted by atomic mass is 32.2. The molecule has 0 aliphatic rings. The van der Waals surface area contributed by atoms with Gasteiger partial charge in [-0.1, -0.05) is 17.8 Å². The smallest absolute Gasteiger partial charge is 0.209 e. The molecule has 0 amide bonds. The molecule has 0 N–H and O–H groups in total. The van der Waals surface area contributed by atoms with Gasteiger partial charge < -0.3 is 4.90 Å². The molecule has 0 fully saturated rings. The fourth-order valence-corrected chi connectivity index (χ4v) is 2.64. The van der Waals surface area contributed by atoms with Crippen molar-refractivity contribution in [1.82, 2.24) is 25.1 Å². The Hall–Kier alpha value is -1.47. The van der Waals surface area contributed by atoms with E-state index < -0.39 is 0 Å². The van der Waals surface area contributed by atoms with Crippen molar-refractivity contribution in [2.45, 2.75) is 24.4 Å². The third-order valence-electron chi connectivity index (χ3n) is 2.93. The first-order chi connectivity index (χ1) is 9.56. The summed E-state index contributed by atoms with van der Waals surface area (Å²) in [7, 11) is 4.01. The largest absolute Gasteiger partial charge is 0.308 e. The van der Waals surface area contributed by atoms with Gasteiger partial charge in [0.25, 0.3) is 0 Å². The second-order valence-electron chi connectivity index (χ2n) is 4.85. The van der Waals surface area contributed by atoms with Crippen molar-refractivity contribution in [1.29, 1.82) is 0 Å². The summed E-state index contributed by atoms with van der Waals surface area (Å²) in [4.78, 5) is 2.08. The molecule has 0 spiro atoms. The van der Waals surface area contributed by atoms with Crippen LogP contribution < -0.4 is 0 Å². The van der Waals surface area contributed by atoms with Crippen molar-refractivity contribution in [2.24, 2.45) is 0 Å². The summed E-state index contributed by atoms with van der Waals surface area (Å²) >= 11 is 1.52. The number of likely N-dealkylation sites (N-methyl/N-ethyl adjacent to an activating group) is 1. The molecule has 5 nitrogen and oxygen atoms in total. The Labute approximate surface area is 122 Å². The van der Waals surface area contributed by atoms with Crippen LogP contribution >= 0.6 is 11.8 Å². The van der Waals surface area contributed by atoms with Crippen LogP contribution in [0.25, 0.3) is 0 Å². The van der Waals surface area contributed by atoms with E-state index in [9.17, 15) is 4.39 Å². The molecule has 20 heavy (non-hydrogen) atoms. The predicted octanol–water partition coefficient (Wildman–Crippen LogP) is 1.97. The normalized spacial score (nSPS) is 11.2. The van der Waals surface area contributed by atoms with Crippen LogP contribution in [0.5, 0.6) is 0 Å². The molecule has 7 heteroatoms. The average Bonchev–Trinajstić information content (AvgIpc) is 2.85. The molecule has 0 radical (unpaired) electrons. The third kappa shape index (κ3) is 4.01. The molecule has 0 bridgehead atoms. The molecule has 0 saturated heterocycles. The van der Waals surface area contributed by atoms with Gasteiger partial charge in [0.05, 0.1) is 6.54 Å². The SMILES string of the molecule is Cc1ccc(F)cc1CSc1nnnn1CCN(C)C. The van der Waals surface area contributed by atoms with Crippen molar-refractivity contribution >= 4 is 11.8 Å². The van der Waals surface area contributed by atoms with Crippen LogP contribution in [0.4, 0.5) is 4.39 Å². The maximum atomic E-state index is 13.2. The highest BCUT2D eigenvalue weighted by Crippen LogP contribution is 2.22. The van der Waals surface area contributed by atoms with Crippen LogP contribution in [0.2, 0.25) is 0 Å². The van der Waals surface area contributed by atoms with Gasteiger partial charge in [0.1, 0.15) is 5.82 Å². The van der Waals surface area contributed by atoms with E-state index in [1.54, 1.807) is 16.8 Å². The number of aryl methyl sites for hydroxylation is 1. The number of rotatable bonds is 6. The lowest BCUT2D eigenvalue weighted by Crippen LogP contribution is -2.19. The standard InChI is InChI=1S/C13H18FN5S/c1-10-4-5-12(14)8-11(10)9-20-13-15-16-17-19(13)7-6-18(2)3/h4-5,8H,6-7,9H2,1-3H3. The quantitative estimate of drug-likeness (QED) is 0.763. The van der Waals surface area contributed by atoms with Gasteiger partial charge in [-0.25, -0.2) is 9.07 Å². The summed E-state index contributed by atoms with van der Waals surface area (Å²) in [6, 6.07) is 4.83. The number of thioether (sulfide) groups is 1. The van der Waals surface area contributed by atoms with E-state index >= 15 is 0 Å². The van der Waals surface area contributed by atoms with Gasteiger partial charge in [0.2, 0.25) is 5.16 Å². The van der Waals surface area contributed by atoms with Gasteiger partial charge in [-0.15, -0.1) is 5.10 Å². The van der Waals surface area contributed by atoms with E-state index in [0.717, 1.165) is 29.4 Å². The number of tetrazole rings is 1. The summed E-state index contributed by atoms with van der Waals surface area (Å²) in [5.74, 6) is 0.449. The first-order valence-electron chi connectivity index (χ1n) is 6.35. The molecular weight excluding hydrogens is 277 g/mol. The number of nitrogens with zero attached hydrogens (tertiary/aromatic N) is 5. The van der Waals surface area contributed by atoms with Crippen molar-refractivity contribution in [3.8, 4) is 0 Å². The fraction of sp³-hybridized carbons (Fsp3) is 0.462. The van der Waals surface area contributed by atoms with Gasteiger partial charge in [0, 0.05) is 12.3 Å². The van der Waals surface area contributed by atoms with E-state index in [1.165, 1.54) is 17.8 Å². The van der Waals surface area contributed by atoms with Gasteiger partial charge in [0.15, 0.2) is 0 Å². The lowest BCUT2D eigenvalue weighted by molar-refractivity contribution is 0.361. The Morgan fingerprint density at radius 3 is 2.90 bits per heavy atom. The maximum Gasteiger partial charge on any atom is 0.209 e. The van der Waals surface area contributed by atoms with Crippen LogP contribution in [0.3, 0.4) is 0 Å². The van der Waals surface area contributed by atoms with Crippen molar-refractivity contribution < 1.29 is 4.39 Å². The van der Waals surface area contributed by atoms with Crippen LogP contribution in [0, 0.1) is 12.7 Å². The molecule has 0 aliphatic carbocycles. The first kappa shape index (κ1) is 14.9. The highest BCUT2D eigenvalue weighted by molar-refractivity contribution is 7.98. The zero-order valence-corrected chi connectivity index (χ0v) is 12.7. The Morgan fingerprint density at radius 2 is 2.15 bits per heavy atom.